The fourth-order valence-corrected chi connectivity index (χ4v) is 3.86. The van der Waals surface area contributed by atoms with E-state index in [1.165, 1.54) is 0 Å². The van der Waals surface area contributed by atoms with Crippen LogP contribution in [0.3, 0.4) is 0 Å². The van der Waals surface area contributed by atoms with Crippen molar-refractivity contribution in [3.05, 3.63) is 71.7 Å². The molecule has 0 aliphatic carbocycles. The lowest BCUT2D eigenvalue weighted by Crippen LogP contribution is -2.44. The highest BCUT2D eigenvalue weighted by Crippen LogP contribution is 2.26. The summed E-state index contributed by atoms with van der Waals surface area (Å²) in [5.41, 5.74) is 2.84. The summed E-state index contributed by atoms with van der Waals surface area (Å²) in [6.07, 6.45) is 1.39. The van der Waals surface area contributed by atoms with Crippen LogP contribution in [-0.2, 0) is 16.1 Å². The van der Waals surface area contributed by atoms with E-state index in [-0.39, 0.29) is 30.5 Å². The Morgan fingerprint density at radius 1 is 1.18 bits per heavy atom. The van der Waals surface area contributed by atoms with Crippen LogP contribution in [0.2, 0.25) is 0 Å². The second-order valence-corrected chi connectivity index (χ2v) is 8.43. The summed E-state index contributed by atoms with van der Waals surface area (Å²) >= 11 is 0. The number of aromatic nitrogens is 2. The number of benzene rings is 1. The molecule has 1 aliphatic rings. The number of rotatable bonds is 7. The highest BCUT2D eigenvalue weighted by atomic mass is 16.5. The SMILES string of the molecule is CC(C)NC(=O)c1cc(C2CN(CC(=O)NCc3ccccn3)CCO2)nc2ccccc12. The lowest BCUT2D eigenvalue weighted by atomic mass is 10.0. The first-order valence-corrected chi connectivity index (χ1v) is 11.2. The Hall–Kier alpha value is -3.36. The van der Waals surface area contributed by atoms with Crippen LogP contribution in [0.4, 0.5) is 0 Å². The number of nitrogens with zero attached hydrogens (tertiary/aromatic N) is 3. The van der Waals surface area contributed by atoms with Gasteiger partial charge in [-0.25, -0.2) is 4.98 Å². The third kappa shape index (κ3) is 5.91. The van der Waals surface area contributed by atoms with E-state index >= 15 is 0 Å². The van der Waals surface area contributed by atoms with Gasteiger partial charge in [-0.2, -0.15) is 0 Å². The zero-order chi connectivity index (χ0) is 23.2. The lowest BCUT2D eigenvalue weighted by molar-refractivity contribution is -0.124. The number of carbonyl (C=O) groups is 2. The van der Waals surface area contributed by atoms with Crippen LogP contribution in [0.15, 0.2) is 54.7 Å². The molecule has 1 aliphatic heterocycles. The Balaban J connectivity index is 1.46. The Kier molecular flexibility index (Phi) is 7.26. The van der Waals surface area contributed by atoms with Crippen LogP contribution in [0, 0.1) is 0 Å². The molecular formula is C25H29N5O3. The Morgan fingerprint density at radius 3 is 2.79 bits per heavy atom. The quantitative estimate of drug-likeness (QED) is 0.578. The van der Waals surface area contributed by atoms with Crippen molar-refractivity contribution in [2.45, 2.75) is 32.5 Å². The van der Waals surface area contributed by atoms with Crippen molar-refractivity contribution >= 4 is 22.7 Å². The molecule has 3 heterocycles. The van der Waals surface area contributed by atoms with E-state index in [0.29, 0.717) is 37.5 Å². The molecule has 8 heteroatoms. The molecule has 0 saturated carbocycles. The van der Waals surface area contributed by atoms with Gasteiger partial charge in [-0.1, -0.05) is 24.3 Å². The van der Waals surface area contributed by atoms with Gasteiger partial charge in [0.1, 0.15) is 6.10 Å². The van der Waals surface area contributed by atoms with E-state index in [4.69, 9.17) is 9.72 Å². The van der Waals surface area contributed by atoms with Gasteiger partial charge in [0, 0.05) is 30.7 Å². The van der Waals surface area contributed by atoms with Crippen LogP contribution in [-0.4, -0.2) is 59.0 Å². The lowest BCUT2D eigenvalue weighted by Gasteiger charge is -2.32. The molecule has 2 N–H and O–H groups in total. The second kappa shape index (κ2) is 10.5. The monoisotopic (exact) mass is 447 g/mol. The Morgan fingerprint density at radius 2 is 2.00 bits per heavy atom. The predicted octanol–water partition coefficient (Wildman–Crippen LogP) is 2.46. The zero-order valence-corrected chi connectivity index (χ0v) is 19.0. The molecule has 8 nitrogen and oxygen atoms in total. The smallest absolute Gasteiger partial charge is 0.252 e. The molecular weight excluding hydrogens is 418 g/mol. The van der Waals surface area contributed by atoms with Crippen molar-refractivity contribution in [1.82, 2.24) is 25.5 Å². The molecule has 1 saturated heterocycles. The molecule has 172 valence electrons. The van der Waals surface area contributed by atoms with E-state index in [1.807, 2.05) is 67.3 Å². The van der Waals surface area contributed by atoms with Crippen LogP contribution in [0.5, 0.6) is 0 Å². The maximum atomic E-state index is 12.9. The third-order valence-electron chi connectivity index (χ3n) is 5.44. The summed E-state index contributed by atoms with van der Waals surface area (Å²) in [6, 6.07) is 15.1. The van der Waals surface area contributed by atoms with Crippen LogP contribution in [0.1, 0.15) is 41.7 Å². The highest BCUT2D eigenvalue weighted by molar-refractivity contribution is 6.06. The second-order valence-electron chi connectivity index (χ2n) is 8.43. The molecule has 1 atom stereocenters. The molecule has 0 spiro atoms. The Bertz CT molecular complexity index is 1120. The number of nitrogens with one attached hydrogen (secondary N) is 2. The van der Waals surface area contributed by atoms with Gasteiger partial charge in [0.05, 0.1) is 42.2 Å². The summed E-state index contributed by atoms with van der Waals surface area (Å²) in [4.78, 5) is 36.4. The summed E-state index contributed by atoms with van der Waals surface area (Å²) < 4.78 is 5.99. The number of ether oxygens (including phenoxy) is 1. The summed E-state index contributed by atoms with van der Waals surface area (Å²) in [7, 11) is 0. The van der Waals surface area contributed by atoms with Crippen LogP contribution < -0.4 is 10.6 Å². The molecule has 1 aromatic carbocycles. The van der Waals surface area contributed by atoms with E-state index in [0.717, 1.165) is 16.6 Å². The maximum Gasteiger partial charge on any atom is 0.252 e. The first kappa shape index (κ1) is 22.8. The van der Waals surface area contributed by atoms with E-state index in [9.17, 15) is 9.59 Å². The van der Waals surface area contributed by atoms with Crippen molar-refractivity contribution in [1.29, 1.82) is 0 Å². The first-order chi connectivity index (χ1) is 16.0. The third-order valence-corrected chi connectivity index (χ3v) is 5.44. The molecule has 0 bridgehead atoms. The van der Waals surface area contributed by atoms with Gasteiger partial charge in [-0.3, -0.25) is 19.5 Å². The van der Waals surface area contributed by atoms with Crippen molar-refractivity contribution in [3.63, 3.8) is 0 Å². The minimum atomic E-state index is -0.322. The number of hydrogen-bond donors (Lipinski definition) is 2. The molecule has 2 aromatic heterocycles. The van der Waals surface area contributed by atoms with Gasteiger partial charge >= 0.3 is 0 Å². The fourth-order valence-electron chi connectivity index (χ4n) is 3.86. The topological polar surface area (TPSA) is 96.5 Å². The predicted molar refractivity (Wildman–Crippen MR) is 126 cm³/mol. The molecule has 3 aromatic rings. The minimum Gasteiger partial charge on any atom is -0.369 e. The maximum absolute atomic E-state index is 12.9. The van der Waals surface area contributed by atoms with E-state index < -0.39 is 0 Å². The minimum absolute atomic E-state index is 0.0268. The molecule has 1 unspecified atom stereocenters. The molecule has 4 rings (SSSR count). The highest BCUT2D eigenvalue weighted by Gasteiger charge is 2.26. The Labute approximate surface area is 193 Å². The van der Waals surface area contributed by atoms with Gasteiger partial charge < -0.3 is 15.4 Å². The largest absolute Gasteiger partial charge is 0.369 e. The van der Waals surface area contributed by atoms with Gasteiger partial charge in [0.25, 0.3) is 5.91 Å². The van der Waals surface area contributed by atoms with Crippen molar-refractivity contribution in [2.24, 2.45) is 0 Å². The summed E-state index contributed by atoms with van der Waals surface area (Å²) in [5, 5.41) is 6.69. The number of morpholine rings is 1. The van der Waals surface area contributed by atoms with Gasteiger partial charge in [0.15, 0.2) is 0 Å². The molecule has 33 heavy (non-hydrogen) atoms. The molecule has 2 amide bonds. The van der Waals surface area contributed by atoms with Gasteiger partial charge in [0.2, 0.25) is 5.91 Å². The normalized spacial score (nSPS) is 16.6. The first-order valence-electron chi connectivity index (χ1n) is 11.2. The zero-order valence-electron chi connectivity index (χ0n) is 19.0. The number of amides is 2. The van der Waals surface area contributed by atoms with Crippen LogP contribution >= 0.6 is 0 Å². The van der Waals surface area contributed by atoms with Crippen molar-refractivity contribution < 1.29 is 14.3 Å². The van der Waals surface area contributed by atoms with Gasteiger partial charge in [-0.15, -0.1) is 0 Å². The number of carbonyl (C=O) groups excluding carboxylic acids is 2. The number of fused-ring (bicyclic) bond motifs is 1. The number of pyridine rings is 2. The molecule has 0 radical (unpaired) electrons. The van der Waals surface area contributed by atoms with Crippen molar-refractivity contribution in [3.8, 4) is 0 Å². The average Bonchev–Trinajstić information content (AvgIpc) is 2.82. The molecule has 1 fully saturated rings. The summed E-state index contributed by atoms with van der Waals surface area (Å²) in [5.74, 6) is -0.198. The standard InChI is InChI=1S/C25H29N5O3/c1-17(2)28-25(32)20-13-22(29-21-9-4-3-8-19(20)21)23-15-30(11-12-33-23)16-24(31)27-14-18-7-5-6-10-26-18/h3-10,13,17,23H,11-12,14-16H2,1-2H3,(H,27,31)(H,28,32). The number of para-hydroxylation sites is 1. The van der Waals surface area contributed by atoms with E-state index in [2.05, 4.69) is 15.6 Å². The van der Waals surface area contributed by atoms with Crippen LogP contribution in [0.25, 0.3) is 10.9 Å². The number of hydrogen-bond acceptors (Lipinski definition) is 6. The van der Waals surface area contributed by atoms with Gasteiger partial charge in [-0.05, 0) is 38.1 Å². The van der Waals surface area contributed by atoms with Crippen molar-refractivity contribution in [2.75, 3.05) is 26.2 Å². The van der Waals surface area contributed by atoms with E-state index in [1.54, 1.807) is 6.20 Å². The summed E-state index contributed by atoms with van der Waals surface area (Å²) in [6.45, 7) is 6.19. The average molecular weight is 448 g/mol. The fraction of sp³-hybridized carbons (Fsp3) is 0.360.